The number of carboxylic acid groups (broad SMARTS) is 1. The summed E-state index contributed by atoms with van der Waals surface area (Å²) in [5.41, 5.74) is 3.89. The van der Waals surface area contributed by atoms with E-state index in [1.165, 1.54) is 0 Å². The summed E-state index contributed by atoms with van der Waals surface area (Å²) in [7, 11) is 0. The molecule has 3 rings (SSSR count). The van der Waals surface area contributed by atoms with E-state index < -0.39 is 5.97 Å². The van der Waals surface area contributed by atoms with Crippen LogP contribution >= 0.6 is 23.2 Å². The first-order valence-electron chi connectivity index (χ1n) is 7.76. The first-order valence-corrected chi connectivity index (χ1v) is 8.52. The van der Waals surface area contributed by atoms with E-state index in [4.69, 9.17) is 23.2 Å². The molecule has 0 saturated carbocycles. The van der Waals surface area contributed by atoms with Crippen LogP contribution in [0.15, 0.2) is 48.5 Å². The van der Waals surface area contributed by atoms with Gasteiger partial charge in [0, 0.05) is 6.54 Å². The Kier molecular flexibility index (Phi) is 5.11. The Morgan fingerprint density at radius 3 is 2.44 bits per heavy atom. The number of benzene rings is 2. The normalized spacial score (nSPS) is 10.8. The minimum atomic E-state index is -1.04. The van der Waals surface area contributed by atoms with Crippen LogP contribution in [0, 0.1) is 6.92 Å². The molecule has 0 saturated heterocycles. The number of hydrogen-bond donors (Lipinski definition) is 1. The largest absolute Gasteiger partial charge is 0.476 e. The molecule has 0 spiro atoms. The molecule has 0 unspecified atom stereocenters. The van der Waals surface area contributed by atoms with E-state index in [-0.39, 0.29) is 5.69 Å². The monoisotopic (exact) mass is 374 g/mol. The summed E-state index contributed by atoms with van der Waals surface area (Å²) in [6.07, 6.45) is 0.663. The Balaban J connectivity index is 1.90. The molecule has 0 aliphatic heterocycles. The number of aromatic nitrogens is 2. The van der Waals surface area contributed by atoms with E-state index in [1.807, 2.05) is 43.3 Å². The SMILES string of the molecule is Cc1ccc(-c2cc(C(=O)O)nn2CCc2ccc(Cl)c(Cl)c2)cc1. The summed E-state index contributed by atoms with van der Waals surface area (Å²) in [4.78, 5) is 11.3. The third-order valence-electron chi connectivity index (χ3n) is 3.94. The number of carbonyl (C=O) groups is 1. The van der Waals surface area contributed by atoms with Crippen molar-refractivity contribution in [3.8, 4) is 11.3 Å². The molecule has 0 fully saturated rings. The van der Waals surface area contributed by atoms with Crippen LogP contribution in [0.1, 0.15) is 21.6 Å². The highest BCUT2D eigenvalue weighted by Gasteiger charge is 2.14. The highest BCUT2D eigenvalue weighted by atomic mass is 35.5. The van der Waals surface area contributed by atoms with Crippen molar-refractivity contribution in [2.75, 3.05) is 0 Å². The van der Waals surface area contributed by atoms with Gasteiger partial charge in [0.1, 0.15) is 0 Å². The van der Waals surface area contributed by atoms with E-state index in [0.29, 0.717) is 23.0 Å². The summed E-state index contributed by atoms with van der Waals surface area (Å²) in [5, 5.41) is 14.5. The fourth-order valence-electron chi connectivity index (χ4n) is 2.58. The molecule has 6 heteroatoms. The Bertz CT molecular complexity index is 918. The van der Waals surface area contributed by atoms with Crippen molar-refractivity contribution in [2.45, 2.75) is 19.9 Å². The van der Waals surface area contributed by atoms with Crippen molar-refractivity contribution >= 4 is 29.2 Å². The quantitative estimate of drug-likeness (QED) is 0.675. The number of nitrogens with zero attached hydrogens (tertiary/aromatic N) is 2. The predicted octanol–water partition coefficient (Wildman–Crippen LogP) is 5.11. The summed E-state index contributed by atoms with van der Waals surface area (Å²) in [6.45, 7) is 2.54. The molecule has 1 aromatic heterocycles. The van der Waals surface area contributed by atoms with Crippen molar-refractivity contribution < 1.29 is 9.90 Å². The zero-order valence-electron chi connectivity index (χ0n) is 13.5. The van der Waals surface area contributed by atoms with Gasteiger partial charge in [-0.2, -0.15) is 5.10 Å². The molecule has 1 heterocycles. The lowest BCUT2D eigenvalue weighted by Crippen LogP contribution is -2.07. The second-order valence-electron chi connectivity index (χ2n) is 5.81. The van der Waals surface area contributed by atoms with Gasteiger partial charge in [-0.1, -0.05) is 59.1 Å². The predicted molar refractivity (Wildman–Crippen MR) is 99.5 cm³/mol. The average Bonchev–Trinajstić information content (AvgIpc) is 3.01. The van der Waals surface area contributed by atoms with Crippen LogP contribution in [0.2, 0.25) is 10.0 Å². The maximum atomic E-state index is 11.3. The lowest BCUT2D eigenvalue weighted by molar-refractivity contribution is 0.0689. The van der Waals surface area contributed by atoms with E-state index in [9.17, 15) is 9.90 Å². The second kappa shape index (κ2) is 7.30. The highest BCUT2D eigenvalue weighted by molar-refractivity contribution is 6.42. The van der Waals surface area contributed by atoms with Gasteiger partial charge in [-0.25, -0.2) is 4.79 Å². The number of halogens is 2. The molecule has 128 valence electrons. The van der Waals surface area contributed by atoms with Crippen molar-refractivity contribution in [3.63, 3.8) is 0 Å². The number of aryl methyl sites for hydroxylation is 3. The molecule has 0 aliphatic carbocycles. The molecule has 4 nitrogen and oxygen atoms in total. The number of rotatable bonds is 5. The van der Waals surface area contributed by atoms with E-state index in [2.05, 4.69) is 5.10 Å². The maximum Gasteiger partial charge on any atom is 0.356 e. The van der Waals surface area contributed by atoms with Crippen LogP contribution in [0.5, 0.6) is 0 Å². The van der Waals surface area contributed by atoms with Crippen molar-refractivity contribution in [1.29, 1.82) is 0 Å². The third-order valence-corrected chi connectivity index (χ3v) is 4.68. The lowest BCUT2D eigenvalue weighted by atomic mass is 10.1. The molecule has 0 aliphatic rings. The van der Waals surface area contributed by atoms with Crippen LogP contribution in [0.25, 0.3) is 11.3 Å². The molecular weight excluding hydrogens is 359 g/mol. The second-order valence-corrected chi connectivity index (χ2v) is 6.62. The minimum Gasteiger partial charge on any atom is -0.476 e. The number of aromatic carboxylic acids is 1. The molecule has 3 aromatic rings. The Morgan fingerprint density at radius 2 is 1.80 bits per heavy atom. The van der Waals surface area contributed by atoms with Gasteiger partial charge in [-0.3, -0.25) is 4.68 Å². The molecule has 2 aromatic carbocycles. The molecule has 0 amide bonds. The minimum absolute atomic E-state index is 0.0321. The van der Waals surface area contributed by atoms with Gasteiger partial charge in [0.25, 0.3) is 0 Å². The van der Waals surface area contributed by atoms with Crippen molar-refractivity contribution in [1.82, 2.24) is 9.78 Å². The molecule has 0 bridgehead atoms. The smallest absolute Gasteiger partial charge is 0.356 e. The van der Waals surface area contributed by atoms with Gasteiger partial charge >= 0.3 is 5.97 Å². The molecular formula is C19H16Cl2N2O2. The lowest BCUT2D eigenvalue weighted by Gasteiger charge is -2.09. The summed E-state index contributed by atoms with van der Waals surface area (Å²) < 4.78 is 1.72. The van der Waals surface area contributed by atoms with E-state index in [0.717, 1.165) is 22.4 Å². The van der Waals surface area contributed by atoms with E-state index >= 15 is 0 Å². The Labute approximate surface area is 155 Å². The summed E-state index contributed by atoms with van der Waals surface area (Å²) in [6, 6.07) is 15.0. The molecule has 25 heavy (non-hydrogen) atoms. The third kappa shape index (κ3) is 4.03. The maximum absolute atomic E-state index is 11.3. The summed E-state index contributed by atoms with van der Waals surface area (Å²) >= 11 is 12.0. The van der Waals surface area contributed by atoms with Gasteiger partial charge in [0.05, 0.1) is 15.7 Å². The van der Waals surface area contributed by atoms with Gasteiger partial charge in [0.15, 0.2) is 5.69 Å². The highest BCUT2D eigenvalue weighted by Crippen LogP contribution is 2.24. The van der Waals surface area contributed by atoms with Gasteiger partial charge in [-0.05, 0) is 42.7 Å². The van der Waals surface area contributed by atoms with Gasteiger partial charge < -0.3 is 5.11 Å². The average molecular weight is 375 g/mol. The molecule has 0 radical (unpaired) electrons. The molecule has 1 N–H and O–H groups in total. The fourth-order valence-corrected chi connectivity index (χ4v) is 2.90. The molecule has 0 atom stereocenters. The Hall–Kier alpha value is -2.30. The van der Waals surface area contributed by atoms with Crippen LogP contribution < -0.4 is 0 Å². The van der Waals surface area contributed by atoms with E-state index in [1.54, 1.807) is 16.8 Å². The zero-order chi connectivity index (χ0) is 18.0. The number of hydrogen-bond acceptors (Lipinski definition) is 2. The fraction of sp³-hybridized carbons (Fsp3) is 0.158. The summed E-state index contributed by atoms with van der Waals surface area (Å²) in [5.74, 6) is -1.04. The van der Waals surface area contributed by atoms with Crippen LogP contribution in [0.4, 0.5) is 0 Å². The first-order chi connectivity index (χ1) is 11.9. The van der Waals surface area contributed by atoms with Crippen LogP contribution in [-0.2, 0) is 13.0 Å². The Morgan fingerprint density at radius 1 is 1.08 bits per heavy atom. The van der Waals surface area contributed by atoms with Crippen molar-refractivity contribution in [3.05, 3.63) is 75.4 Å². The zero-order valence-corrected chi connectivity index (χ0v) is 15.1. The standard InChI is InChI=1S/C19H16Cl2N2O2/c1-12-2-5-14(6-3-12)18-11-17(19(24)25)22-23(18)9-8-13-4-7-15(20)16(21)10-13/h2-7,10-11H,8-9H2,1H3,(H,24,25). The van der Waals surface area contributed by atoms with Crippen LogP contribution in [-0.4, -0.2) is 20.9 Å². The van der Waals surface area contributed by atoms with Gasteiger partial charge in [-0.15, -0.1) is 0 Å². The first kappa shape index (κ1) is 17.5. The topological polar surface area (TPSA) is 55.1 Å². The van der Waals surface area contributed by atoms with Gasteiger partial charge in [0.2, 0.25) is 0 Å². The van der Waals surface area contributed by atoms with Crippen molar-refractivity contribution in [2.24, 2.45) is 0 Å². The number of carboxylic acids is 1. The van der Waals surface area contributed by atoms with Crippen LogP contribution in [0.3, 0.4) is 0 Å².